The Balaban J connectivity index is 0.848. The third-order valence-corrected chi connectivity index (χ3v) is 16.7. The number of aromatic hydroxyl groups is 1. The summed E-state index contributed by atoms with van der Waals surface area (Å²) in [4.78, 5) is 55.1. The standard InChI is InChI=1S/C50H64N6O7Si/c1-50(2,3)64(4,5)63-44(40-22-24-43(57)48-41(40)23-25-47(60)55-48)34-51-33-35-18-20-37(21-19-35)53-46(59)17-11-12-29-52-45(58)28-32-56-30-26-38(27-31-56)62-49(61)54-42-16-10-9-15-39(42)36-13-7-6-8-14-36/h6-10,13-16,18-25,38,44,51,57H,11-12,17,26-34H2,1-5H3,(H,52,58)(H,53,59)(H,54,61)(H,55,60). The van der Waals surface area contributed by atoms with Crippen molar-refractivity contribution in [3.05, 3.63) is 125 Å². The minimum Gasteiger partial charge on any atom is -0.506 e. The number of hydrogen-bond donors (Lipinski definition) is 6. The van der Waals surface area contributed by atoms with Crippen molar-refractivity contribution in [1.29, 1.82) is 0 Å². The number of amides is 3. The molecule has 1 aromatic heterocycles. The molecule has 0 radical (unpaired) electrons. The number of anilines is 2. The van der Waals surface area contributed by atoms with Crippen LogP contribution >= 0.6 is 0 Å². The topological polar surface area (TPSA) is 174 Å². The van der Waals surface area contributed by atoms with Crippen LogP contribution in [0, 0.1) is 0 Å². The summed E-state index contributed by atoms with van der Waals surface area (Å²) < 4.78 is 12.7. The number of likely N-dealkylation sites (tertiary alicyclic amines) is 1. The van der Waals surface area contributed by atoms with E-state index in [1.54, 1.807) is 12.1 Å². The molecule has 0 aliphatic carbocycles. The van der Waals surface area contributed by atoms with E-state index in [1.165, 1.54) is 6.07 Å². The van der Waals surface area contributed by atoms with E-state index in [0.29, 0.717) is 81.6 Å². The van der Waals surface area contributed by atoms with Gasteiger partial charge >= 0.3 is 6.09 Å². The third-order valence-electron chi connectivity index (χ3n) is 12.3. The van der Waals surface area contributed by atoms with Crippen molar-refractivity contribution >= 4 is 48.5 Å². The summed E-state index contributed by atoms with van der Waals surface area (Å²) in [6.07, 6.45) is 2.54. The van der Waals surface area contributed by atoms with E-state index < -0.39 is 14.4 Å². The summed E-state index contributed by atoms with van der Waals surface area (Å²) in [7, 11) is -2.21. The molecule has 14 heteroatoms. The van der Waals surface area contributed by atoms with E-state index >= 15 is 0 Å². The number of fused-ring (bicyclic) bond motifs is 1. The van der Waals surface area contributed by atoms with Crippen LogP contribution in [0.15, 0.2) is 108 Å². The molecule has 1 saturated heterocycles. The summed E-state index contributed by atoms with van der Waals surface area (Å²) in [5, 5.41) is 23.6. The number of H-pyrrole nitrogens is 1. The first-order chi connectivity index (χ1) is 30.6. The number of carbonyl (C=O) groups is 3. The lowest BCUT2D eigenvalue weighted by Crippen LogP contribution is -2.43. The Morgan fingerprint density at radius 2 is 1.56 bits per heavy atom. The molecule has 1 fully saturated rings. The molecule has 5 aromatic rings. The third kappa shape index (κ3) is 13.6. The second-order valence-corrected chi connectivity index (χ2v) is 22.8. The van der Waals surface area contributed by atoms with Crippen molar-refractivity contribution in [2.45, 2.75) is 96.2 Å². The Kier molecular flexibility index (Phi) is 16.5. The average molecular weight is 889 g/mol. The number of piperidine rings is 1. The minimum absolute atomic E-state index is 0.0149. The highest BCUT2D eigenvalue weighted by molar-refractivity contribution is 6.74. The number of nitrogens with zero attached hydrogens (tertiary/aromatic N) is 1. The quantitative estimate of drug-likeness (QED) is 0.0349. The van der Waals surface area contributed by atoms with Gasteiger partial charge in [-0.1, -0.05) is 87.5 Å². The molecular formula is C50H64N6O7Si. The van der Waals surface area contributed by atoms with Crippen LogP contribution in [-0.2, 0) is 25.3 Å². The first-order valence-corrected chi connectivity index (χ1v) is 25.3. The van der Waals surface area contributed by atoms with Crippen LogP contribution in [0.1, 0.15) is 76.5 Å². The number of pyridine rings is 1. The summed E-state index contributed by atoms with van der Waals surface area (Å²) in [6, 6.07) is 32.0. The molecule has 1 aliphatic rings. The normalized spacial score (nSPS) is 14.2. The lowest BCUT2D eigenvalue weighted by atomic mass is 10.0. The maximum Gasteiger partial charge on any atom is 0.411 e. The second kappa shape index (κ2) is 22.2. The molecule has 0 spiro atoms. The molecule has 6 N–H and O–H groups in total. The van der Waals surface area contributed by atoms with Crippen LogP contribution in [-0.4, -0.2) is 80.0 Å². The number of aromatic nitrogens is 1. The molecule has 3 amide bonds. The van der Waals surface area contributed by atoms with Crippen LogP contribution in [0.4, 0.5) is 16.2 Å². The smallest absolute Gasteiger partial charge is 0.411 e. The van der Waals surface area contributed by atoms with E-state index in [2.05, 4.69) is 65.0 Å². The van der Waals surface area contributed by atoms with Gasteiger partial charge < -0.3 is 40.1 Å². The van der Waals surface area contributed by atoms with Crippen molar-refractivity contribution < 1.29 is 28.7 Å². The van der Waals surface area contributed by atoms with Crippen LogP contribution in [0.25, 0.3) is 22.0 Å². The van der Waals surface area contributed by atoms with Crippen molar-refractivity contribution in [2.75, 3.05) is 43.4 Å². The fourth-order valence-electron chi connectivity index (χ4n) is 7.55. The number of phenolic OH excluding ortho intramolecular Hbond substituents is 1. The zero-order valence-corrected chi connectivity index (χ0v) is 38.8. The molecule has 1 atom stereocenters. The average Bonchev–Trinajstić information content (AvgIpc) is 3.26. The highest BCUT2D eigenvalue weighted by Crippen LogP contribution is 2.41. The Labute approximate surface area is 377 Å². The highest BCUT2D eigenvalue weighted by atomic mass is 28.4. The Morgan fingerprint density at radius 3 is 2.30 bits per heavy atom. The van der Waals surface area contributed by atoms with Crippen LogP contribution < -0.4 is 26.8 Å². The van der Waals surface area contributed by atoms with Crippen molar-refractivity contribution in [2.24, 2.45) is 0 Å². The van der Waals surface area contributed by atoms with Crippen molar-refractivity contribution in [3.63, 3.8) is 0 Å². The zero-order valence-electron chi connectivity index (χ0n) is 37.8. The maximum atomic E-state index is 12.8. The molecule has 0 saturated carbocycles. The first-order valence-electron chi connectivity index (χ1n) is 22.4. The van der Waals surface area contributed by atoms with E-state index in [-0.39, 0.29) is 40.4 Å². The molecule has 6 rings (SSSR count). The molecule has 2 heterocycles. The monoisotopic (exact) mass is 888 g/mol. The number of ether oxygens (including phenoxy) is 1. The Hall–Kier alpha value is -5.80. The van der Waals surface area contributed by atoms with Gasteiger partial charge in [0, 0.05) is 74.8 Å². The highest BCUT2D eigenvalue weighted by Gasteiger charge is 2.39. The number of benzene rings is 4. The van der Waals surface area contributed by atoms with Gasteiger partial charge in [0.2, 0.25) is 17.4 Å². The van der Waals surface area contributed by atoms with Gasteiger partial charge in [-0.2, -0.15) is 0 Å². The van der Waals surface area contributed by atoms with Gasteiger partial charge in [0.05, 0.1) is 17.3 Å². The van der Waals surface area contributed by atoms with E-state index in [9.17, 15) is 24.3 Å². The lowest BCUT2D eigenvalue weighted by molar-refractivity contribution is -0.121. The van der Waals surface area contributed by atoms with Gasteiger partial charge in [0.15, 0.2) is 8.32 Å². The molecule has 340 valence electrons. The van der Waals surface area contributed by atoms with Crippen molar-refractivity contribution in [1.82, 2.24) is 20.5 Å². The van der Waals surface area contributed by atoms with Crippen LogP contribution in [0.3, 0.4) is 0 Å². The number of unbranched alkanes of at least 4 members (excludes halogenated alkanes) is 1. The van der Waals surface area contributed by atoms with Gasteiger partial charge in [-0.3, -0.25) is 19.7 Å². The summed E-state index contributed by atoms with van der Waals surface area (Å²) in [5.74, 6) is -0.0761. The van der Waals surface area contributed by atoms with E-state index in [4.69, 9.17) is 9.16 Å². The molecular weight excluding hydrogens is 825 g/mol. The summed E-state index contributed by atoms with van der Waals surface area (Å²) in [6.45, 7) is 14.7. The van der Waals surface area contributed by atoms with Crippen molar-refractivity contribution in [3.8, 4) is 16.9 Å². The van der Waals surface area contributed by atoms with Gasteiger partial charge in [-0.25, -0.2) is 4.79 Å². The molecule has 0 bridgehead atoms. The van der Waals surface area contributed by atoms with Gasteiger partial charge in [0.25, 0.3) is 0 Å². The molecule has 1 unspecified atom stereocenters. The first kappa shape index (κ1) is 47.7. The fourth-order valence-corrected chi connectivity index (χ4v) is 8.83. The molecule has 4 aromatic carbocycles. The molecule has 13 nitrogen and oxygen atoms in total. The van der Waals surface area contributed by atoms with Gasteiger partial charge in [-0.15, -0.1) is 0 Å². The second-order valence-electron chi connectivity index (χ2n) is 18.1. The zero-order chi connectivity index (χ0) is 45.7. The number of hydrogen-bond acceptors (Lipinski definition) is 9. The summed E-state index contributed by atoms with van der Waals surface area (Å²) >= 11 is 0. The number of phenols is 1. The lowest BCUT2D eigenvalue weighted by Gasteiger charge is -2.39. The van der Waals surface area contributed by atoms with Gasteiger partial charge in [-0.05, 0) is 90.8 Å². The SMILES string of the molecule is CC(C)(C)[Si](C)(C)OC(CNCc1ccc(NC(=O)CCCCNC(=O)CCN2CCC(OC(=O)Nc3ccccc3-c3ccccc3)CC2)cc1)c1ccc(O)c2[nH]c(=O)ccc12. The number of rotatable bonds is 19. The maximum absolute atomic E-state index is 12.8. The number of aromatic amines is 1. The van der Waals surface area contributed by atoms with Gasteiger partial charge in [0.1, 0.15) is 11.9 Å². The Morgan fingerprint density at radius 1 is 0.844 bits per heavy atom. The minimum atomic E-state index is -2.21. The number of para-hydroxylation sites is 1. The molecule has 64 heavy (non-hydrogen) atoms. The predicted octanol–water partition coefficient (Wildman–Crippen LogP) is 9.08. The predicted molar refractivity (Wildman–Crippen MR) is 257 cm³/mol. The number of nitrogens with one attached hydrogen (secondary N) is 5. The fraction of sp³-hybridized carbons (Fsp3) is 0.400. The Bertz CT molecular complexity index is 2390. The van der Waals surface area contributed by atoms with E-state index in [0.717, 1.165) is 40.7 Å². The number of carbonyl (C=O) groups excluding carboxylic acids is 3. The molecule has 1 aliphatic heterocycles. The summed E-state index contributed by atoms with van der Waals surface area (Å²) in [5.41, 5.74) is 5.42. The largest absolute Gasteiger partial charge is 0.506 e. The van der Waals surface area contributed by atoms with Crippen LogP contribution in [0.2, 0.25) is 18.1 Å². The van der Waals surface area contributed by atoms with E-state index in [1.807, 2.05) is 84.9 Å². The van der Waals surface area contributed by atoms with Crippen LogP contribution in [0.5, 0.6) is 5.75 Å².